The maximum atomic E-state index is 5.14. The smallest absolute Gasteiger partial charge is 0.0462 e. The van der Waals surface area contributed by atoms with E-state index in [1.54, 1.807) is 7.11 Å². The predicted molar refractivity (Wildman–Crippen MR) is 78.0 cm³/mol. The van der Waals surface area contributed by atoms with Gasteiger partial charge in [0, 0.05) is 38.9 Å². The van der Waals surface area contributed by atoms with Gasteiger partial charge in [-0.05, 0) is 31.2 Å². The van der Waals surface area contributed by atoms with Crippen molar-refractivity contribution >= 4 is 0 Å². The Morgan fingerprint density at radius 1 is 1.28 bits per heavy atom. The number of nitrogens with one attached hydrogen (secondary N) is 1. The molecule has 0 amide bonds. The molecule has 108 valence electrons. The van der Waals surface area contributed by atoms with Crippen molar-refractivity contribution < 1.29 is 4.74 Å². The van der Waals surface area contributed by atoms with Crippen LogP contribution in [0.25, 0.3) is 0 Å². The molecule has 0 aromatic carbocycles. The first-order valence-corrected chi connectivity index (χ1v) is 7.45. The molecule has 1 aliphatic rings. The summed E-state index contributed by atoms with van der Waals surface area (Å²) in [6.45, 7) is 13.8. The van der Waals surface area contributed by atoms with Gasteiger partial charge in [0.15, 0.2) is 0 Å². The number of ether oxygens (including phenoxy) is 1. The third kappa shape index (κ3) is 4.87. The van der Waals surface area contributed by atoms with Gasteiger partial charge in [0.1, 0.15) is 0 Å². The molecule has 18 heavy (non-hydrogen) atoms. The van der Waals surface area contributed by atoms with Crippen LogP contribution < -0.4 is 5.32 Å². The molecule has 0 aliphatic carbocycles. The van der Waals surface area contributed by atoms with Crippen molar-refractivity contribution in [3.63, 3.8) is 0 Å². The summed E-state index contributed by atoms with van der Waals surface area (Å²) >= 11 is 0. The molecular weight excluding hydrogens is 224 g/mol. The van der Waals surface area contributed by atoms with Gasteiger partial charge in [-0.3, -0.25) is 4.90 Å². The van der Waals surface area contributed by atoms with Crippen LogP contribution in [0.4, 0.5) is 0 Å². The highest BCUT2D eigenvalue weighted by Crippen LogP contribution is 2.27. The normalized spacial score (nSPS) is 26.5. The number of nitrogens with zero attached hydrogens (tertiary/aromatic N) is 1. The molecule has 1 N–H and O–H groups in total. The second-order valence-electron chi connectivity index (χ2n) is 6.59. The molecule has 0 radical (unpaired) electrons. The molecule has 2 atom stereocenters. The molecule has 1 rings (SSSR count). The first-order valence-electron chi connectivity index (χ1n) is 7.45. The number of hydrogen-bond donors (Lipinski definition) is 1. The van der Waals surface area contributed by atoms with E-state index < -0.39 is 0 Å². The van der Waals surface area contributed by atoms with Gasteiger partial charge in [0.2, 0.25) is 0 Å². The highest BCUT2D eigenvalue weighted by Gasteiger charge is 2.34. The molecule has 3 heteroatoms. The Bertz CT molecular complexity index is 225. The minimum absolute atomic E-state index is 0.354. The second-order valence-corrected chi connectivity index (χ2v) is 6.59. The quantitative estimate of drug-likeness (QED) is 0.739. The highest BCUT2D eigenvalue weighted by atomic mass is 16.5. The van der Waals surface area contributed by atoms with Crippen molar-refractivity contribution in [1.29, 1.82) is 0 Å². The Balaban J connectivity index is 2.49. The van der Waals surface area contributed by atoms with E-state index >= 15 is 0 Å². The van der Waals surface area contributed by atoms with E-state index in [4.69, 9.17) is 4.74 Å². The fourth-order valence-electron chi connectivity index (χ4n) is 2.82. The summed E-state index contributed by atoms with van der Waals surface area (Å²) in [5.41, 5.74) is 0.354. The molecule has 1 fully saturated rings. The van der Waals surface area contributed by atoms with E-state index in [1.807, 2.05) is 0 Å². The Kier molecular flexibility index (Phi) is 6.61. The zero-order valence-corrected chi connectivity index (χ0v) is 13.0. The summed E-state index contributed by atoms with van der Waals surface area (Å²) in [4.78, 5) is 2.69. The Hall–Kier alpha value is -0.120. The summed E-state index contributed by atoms with van der Waals surface area (Å²) in [5, 5.41) is 3.69. The molecule has 0 aromatic heterocycles. The van der Waals surface area contributed by atoms with Crippen LogP contribution in [-0.2, 0) is 4.74 Å². The largest absolute Gasteiger partial charge is 0.385 e. The van der Waals surface area contributed by atoms with Crippen LogP contribution in [0, 0.1) is 5.41 Å². The number of unbranched alkanes of at least 4 members (excludes halogenated alkanes) is 1. The van der Waals surface area contributed by atoms with Gasteiger partial charge in [-0.2, -0.15) is 0 Å². The van der Waals surface area contributed by atoms with Crippen molar-refractivity contribution in [2.24, 2.45) is 5.41 Å². The zero-order chi connectivity index (χ0) is 13.6. The average Bonchev–Trinajstić information content (AvgIpc) is 2.33. The van der Waals surface area contributed by atoms with E-state index in [0.29, 0.717) is 17.5 Å². The zero-order valence-electron chi connectivity index (χ0n) is 13.0. The van der Waals surface area contributed by atoms with Crippen LogP contribution in [0.2, 0.25) is 0 Å². The lowest BCUT2D eigenvalue weighted by Gasteiger charge is -2.46. The fraction of sp³-hybridized carbons (Fsp3) is 1.00. The van der Waals surface area contributed by atoms with Gasteiger partial charge >= 0.3 is 0 Å². The molecule has 0 bridgehead atoms. The summed E-state index contributed by atoms with van der Waals surface area (Å²) in [5.74, 6) is 0. The van der Waals surface area contributed by atoms with Gasteiger partial charge in [0.25, 0.3) is 0 Å². The minimum atomic E-state index is 0.354. The van der Waals surface area contributed by atoms with Gasteiger partial charge < -0.3 is 10.1 Å². The van der Waals surface area contributed by atoms with E-state index in [9.17, 15) is 0 Å². The summed E-state index contributed by atoms with van der Waals surface area (Å²) < 4.78 is 5.14. The lowest BCUT2D eigenvalue weighted by molar-refractivity contribution is 0.0517. The Labute approximate surface area is 113 Å². The Morgan fingerprint density at radius 2 is 2.00 bits per heavy atom. The predicted octanol–water partition coefficient (Wildman–Crippen LogP) is 2.51. The topological polar surface area (TPSA) is 24.5 Å². The van der Waals surface area contributed by atoms with Crippen LogP contribution in [0.5, 0.6) is 0 Å². The first-order chi connectivity index (χ1) is 8.49. The van der Waals surface area contributed by atoms with Crippen LogP contribution in [-0.4, -0.2) is 50.3 Å². The third-order valence-corrected chi connectivity index (χ3v) is 4.03. The van der Waals surface area contributed by atoms with E-state index in [2.05, 4.69) is 37.9 Å². The number of rotatable bonds is 6. The lowest BCUT2D eigenvalue weighted by Crippen LogP contribution is -2.60. The van der Waals surface area contributed by atoms with Gasteiger partial charge in [0.05, 0.1) is 0 Å². The van der Waals surface area contributed by atoms with Crippen molar-refractivity contribution in [2.45, 2.75) is 59.0 Å². The van der Waals surface area contributed by atoms with Crippen LogP contribution in [0.3, 0.4) is 0 Å². The summed E-state index contributed by atoms with van der Waals surface area (Å²) in [7, 11) is 1.79. The maximum absolute atomic E-state index is 5.14. The molecule has 1 saturated heterocycles. The molecule has 1 heterocycles. The van der Waals surface area contributed by atoms with E-state index in [0.717, 1.165) is 13.2 Å². The van der Waals surface area contributed by atoms with Crippen molar-refractivity contribution in [3.05, 3.63) is 0 Å². The van der Waals surface area contributed by atoms with Crippen LogP contribution >= 0.6 is 0 Å². The average molecular weight is 256 g/mol. The molecule has 3 nitrogen and oxygen atoms in total. The minimum Gasteiger partial charge on any atom is -0.385 e. The molecule has 1 aliphatic heterocycles. The van der Waals surface area contributed by atoms with Gasteiger partial charge in [-0.15, -0.1) is 0 Å². The molecule has 0 spiro atoms. The number of methoxy groups -OCH3 is 1. The van der Waals surface area contributed by atoms with Crippen molar-refractivity contribution in [1.82, 2.24) is 10.2 Å². The van der Waals surface area contributed by atoms with Gasteiger partial charge in [-0.1, -0.05) is 27.7 Å². The Morgan fingerprint density at radius 3 is 2.56 bits per heavy atom. The third-order valence-electron chi connectivity index (χ3n) is 4.03. The second kappa shape index (κ2) is 7.46. The standard InChI is InChI=1S/C15H32N2O/c1-6-13-12-17(9-7-8-10-18-5)14(11-16-13)15(2,3)4/h13-14,16H,6-12H2,1-5H3. The number of piperazine rings is 1. The molecular formula is C15H32N2O. The molecule has 2 unspecified atom stereocenters. The SMILES string of the molecule is CCC1CN(CCCCOC)C(C(C)(C)C)CN1. The highest BCUT2D eigenvalue weighted by molar-refractivity contribution is 4.91. The molecule has 0 aromatic rings. The van der Waals surface area contributed by atoms with E-state index in [1.165, 1.54) is 32.4 Å². The summed E-state index contributed by atoms with van der Waals surface area (Å²) in [6.07, 6.45) is 3.65. The van der Waals surface area contributed by atoms with Crippen LogP contribution in [0.15, 0.2) is 0 Å². The van der Waals surface area contributed by atoms with E-state index in [-0.39, 0.29) is 0 Å². The summed E-state index contributed by atoms with van der Waals surface area (Å²) in [6, 6.07) is 1.33. The van der Waals surface area contributed by atoms with Crippen molar-refractivity contribution in [3.8, 4) is 0 Å². The monoisotopic (exact) mass is 256 g/mol. The van der Waals surface area contributed by atoms with Crippen molar-refractivity contribution in [2.75, 3.05) is 33.4 Å². The lowest BCUT2D eigenvalue weighted by atomic mass is 9.83. The van der Waals surface area contributed by atoms with Gasteiger partial charge in [-0.25, -0.2) is 0 Å². The number of hydrogen-bond acceptors (Lipinski definition) is 3. The van der Waals surface area contributed by atoms with Crippen LogP contribution in [0.1, 0.15) is 47.0 Å². The maximum Gasteiger partial charge on any atom is 0.0462 e. The first kappa shape index (κ1) is 15.9. The molecule has 0 saturated carbocycles. The fourth-order valence-corrected chi connectivity index (χ4v) is 2.82.